The summed E-state index contributed by atoms with van der Waals surface area (Å²) < 4.78 is 0. The molecule has 1 N–H and O–H groups in total. The molecule has 0 spiro atoms. The highest BCUT2D eigenvalue weighted by atomic mass is 16.3. The Hall–Kier alpha value is -2.78. The van der Waals surface area contributed by atoms with Gasteiger partial charge in [-0.25, -0.2) is 5.01 Å². The van der Waals surface area contributed by atoms with E-state index in [9.17, 15) is 5.11 Å². The first-order valence-corrected chi connectivity index (χ1v) is 9.30. The van der Waals surface area contributed by atoms with Gasteiger partial charge in [-0.3, -0.25) is 5.01 Å². The van der Waals surface area contributed by atoms with E-state index in [1.54, 1.807) is 0 Å². The molecule has 0 aliphatic rings. The number of hydrogen-bond donors (Lipinski definition) is 1. The normalized spacial score (nSPS) is 11.6. The van der Waals surface area contributed by atoms with E-state index in [0.717, 1.165) is 22.5 Å². The van der Waals surface area contributed by atoms with Crippen molar-refractivity contribution in [2.24, 2.45) is 0 Å². The molecule has 3 rings (SSSR count). The molecule has 3 aromatic rings. The Morgan fingerprint density at radius 2 is 1.26 bits per heavy atom. The molecule has 0 bridgehead atoms. The van der Waals surface area contributed by atoms with Gasteiger partial charge in [-0.15, -0.1) is 0 Å². The van der Waals surface area contributed by atoms with Gasteiger partial charge in [-0.2, -0.15) is 0 Å². The largest absolute Gasteiger partial charge is 0.507 e. The molecule has 140 valence electrons. The number of rotatable bonds is 5. The van der Waals surface area contributed by atoms with Crippen LogP contribution in [0.25, 0.3) is 0 Å². The zero-order valence-corrected chi connectivity index (χ0v) is 16.6. The maximum absolute atomic E-state index is 10.9. The third kappa shape index (κ3) is 4.32. The molecule has 0 atom stereocenters. The van der Waals surface area contributed by atoms with E-state index in [1.165, 1.54) is 0 Å². The third-order valence-electron chi connectivity index (χ3n) is 4.67. The van der Waals surface area contributed by atoms with Crippen LogP contribution in [0.5, 0.6) is 5.75 Å². The van der Waals surface area contributed by atoms with Gasteiger partial charge in [-0.1, -0.05) is 75.4 Å². The lowest BCUT2D eigenvalue weighted by molar-refractivity contribution is 0.324. The fourth-order valence-electron chi connectivity index (χ4n) is 3.32. The number of nitrogens with zero attached hydrogens (tertiary/aromatic N) is 2. The minimum atomic E-state index is -0.1000. The van der Waals surface area contributed by atoms with Gasteiger partial charge in [0.15, 0.2) is 0 Å². The molecule has 0 heterocycles. The van der Waals surface area contributed by atoms with E-state index in [2.05, 4.69) is 55.1 Å². The summed E-state index contributed by atoms with van der Waals surface area (Å²) in [7, 11) is 2.04. The van der Waals surface area contributed by atoms with E-state index < -0.39 is 0 Å². The molecule has 0 aliphatic heterocycles. The summed E-state index contributed by atoms with van der Waals surface area (Å²) in [5.41, 5.74) is 3.95. The summed E-state index contributed by atoms with van der Waals surface area (Å²) >= 11 is 0. The van der Waals surface area contributed by atoms with Crippen LogP contribution in [0.3, 0.4) is 0 Å². The molecule has 27 heavy (non-hydrogen) atoms. The van der Waals surface area contributed by atoms with Crippen molar-refractivity contribution in [2.45, 2.75) is 32.7 Å². The minimum Gasteiger partial charge on any atom is -0.507 e. The molecular formula is C24H28N2O. The average molecular weight is 361 g/mol. The standard InChI is InChI=1S/C24H28N2O/c1-24(2,3)22-17-11-12-19(23(22)27)18-25(4)26(20-13-7-5-8-14-20)21-15-9-6-10-16-21/h5-17,27H,18H2,1-4H3. The Balaban J connectivity index is 1.96. The van der Waals surface area contributed by atoms with Crippen LogP contribution in [-0.2, 0) is 12.0 Å². The summed E-state index contributed by atoms with van der Waals surface area (Å²) in [5, 5.41) is 15.2. The summed E-state index contributed by atoms with van der Waals surface area (Å²) in [4.78, 5) is 0. The fraction of sp³-hybridized carbons (Fsp3) is 0.250. The molecule has 0 saturated carbocycles. The molecule has 0 unspecified atom stereocenters. The van der Waals surface area contributed by atoms with E-state index in [1.807, 2.05) is 61.6 Å². The van der Waals surface area contributed by atoms with Crippen LogP contribution in [0.1, 0.15) is 31.9 Å². The van der Waals surface area contributed by atoms with Crippen LogP contribution < -0.4 is 5.01 Å². The number of phenolic OH excluding ortho intramolecular Hbond substituents is 1. The molecule has 0 radical (unpaired) electrons. The van der Waals surface area contributed by atoms with Crippen molar-refractivity contribution in [3.05, 3.63) is 90.0 Å². The minimum absolute atomic E-state index is 0.1000. The molecule has 0 fully saturated rings. The highest BCUT2D eigenvalue weighted by Gasteiger charge is 2.22. The van der Waals surface area contributed by atoms with Crippen LogP contribution in [0.15, 0.2) is 78.9 Å². The second kappa shape index (κ2) is 7.85. The second-order valence-electron chi connectivity index (χ2n) is 7.86. The molecule has 0 aromatic heterocycles. The van der Waals surface area contributed by atoms with Gasteiger partial charge in [-0.05, 0) is 35.2 Å². The fourth-order valence-corrected chi connectivity index (χ4v) is 3.32. The first-order chi connectivity index (χ1) is 12.9. The summed E-state index contributed by atoms with van der Waals surface area (Å²) in [5.74, 6) is 0.387. The monoisotopic (exact) mass is 360 g/mol. The van der Waals surface area contributed by atoms with Crippen LogP contribution in [-0.4, -0.2) is 17.2 Å². The van der Waals surface area contributed by atoms with Crippen molar-refractivity contribution >= 4 is 11.4 Å². The topological polar surface area (TPSA) is 26.7 Å². The first-order valence-electron chi connectivity index (χ1n) is 9.30. The summed E-state index contributed by atoms with van der Waals surface area (Å²) in [6.45, 7) is 6.96. The van der Waals surface area contributed by atoms with Crippen LogP contribution >= 0.6 is 0 Å². The van der Waals surface area contributed by atoms with Gasteiger partial charge in [0.1, 0.15) is 5.75 Å². The molecular weight excluding hydrogens is 332 g/mol. The smallest absolute Gasteiger partial charge is 0.123 e. The SMILES string of the molecule is CN(Cc1cccc(C(C)(C)C)c1O)N(c1ccccc1)c1ccccc1. The predicted molar refractivity (Wildman–Crippen MR) is 113 cm³/mol. The Bertz CT molecular complexity index is 830. The highest BCUT2D eigenvalue weighted by Crippen LogP contribution is 2.34. The maximum atomic E-state index is 10.9. The number of hydrazine groups is 1. The summed E-state index contributed by atoms with van der Waals surface area (Å²) in [6.07, 6.45) is 0. The number of hydrogen-bond acceptors (Lipinski definition) is 3. The van der Waals surface area contributed by atoms with Crippen LogP contribution in [0.2, 0.25) is 0 Å². The number of aromatic hydroxyl groups is 1. The lowest BCUT2D eigenvalue weighted by atomic mass is 9.85. The number of phenols is 1. The third-order valence-corrected chi connectivity index (χ3v) is 4.67. The highest BCUT2D eigenvalue weighted by molar-refractivity contribution is 5.61. The second-order valence-corrected chi connectivity index (χ2v) is 7.86. The van der Waals surface area contributed by atoms with Crippen molar-refractivity contribution in [1.82, 2.24) is 5.01 Å². The van der Waals surface area contributed by atoms with Crippen molar-refractivity contribution in [2.75, 3.05) is 12.1 Å². The van der Waals surface area contributed by atoms with Gasteiger partial charge in [0, 0.05) is 19.2 Å². The quantitative estimate of drug-likeness (QED) is 0.576. The number of para-hydroxylation sites is 3. The van der Waals surface area contributed by atoms with E-state index >= 15 is 0 Å². The van der Waals surface area contributed by atoms with Crippen LogP contribution in [0, 0.1) is 0 Å². The van der Waals surface area contributed by atoms with Crippen molar-refractivity contribution in [3.8, 4) is 5.75 Å². The zero-order chi connectivity index (χ0) is 19.4. The lowest BCUT2D eigenvalue weighted by Gasteiger charge is -2.34. The molecule has 3 aromatic carbocycles. The first kappa shape index (κ1) is 19.0. The Kier molecular flexibility index (Phi) is 5.52. The van der Waals surface area contributed by atoms with Gasteiger partial charge in [0.05, 0.1) is 11.4 Å². The van der Waals surface area contributed by atoms with E-state index in [0.29, 0.717) is 12.3 Å². The predicted octanol–water partition coefficient (Wildman–Crippen LogP) is 5.87. The van der Waals surface area contributed by atoms with E-state index in [-0.39, 0.29) is 5.41 Å². The Labute approximate surface area is 162 Å². The van der Waals surface area contributed by atoms with Crippen LogP contribution in [0.4, 0.5) is 11.4 Å². The summed E-state index contributed by atoms with van der Waals surface area (Å²) in [6, 6.07) is 26.6. The van der Waals surface area contributed by atoms with Crippen molar-refractivity contribution < 1.29 is 5.11 Å². The van der Waals surface area contributed by atoms with Gasteiger partial charge in [0.2, 0.25) is 0 Å². The molecule has 3 heteroatoms. The molecule has 0 aliphatic carbocycles. The molecule has 0 amide bonds. The van der Waals surface area contributed by atoms with Gasteiger partial charge in [0.25, 0.3) is 0 Å². The molecule has 3 nitrogen and oxygen atoms in total. The van der Waals surface area contributed by atoms with Crippen molar-refractivity contribution in [1.29, 1.82) is 0 Å². The number of benzene rings is 3. The zero-order valence-electron chi connectivity index (χ0n) is 16.6. The maximum Gasteiger partial charge on any atom is 0.123 e. The van der Waals surface area contributed by atoms with Gasteiger partial charge >= 0.3 is 0 Å². The molecule has 0 saturated heterocycles. The average Bonchev–Trinajstić information content (AvgIpc) is 2.64. The number of anilines is 2. The Morgan fingerprint density at radius 3 is 1.74 bits per heavy atom. The van der Waals surface area contributed by atoms with Gasteiger partial charge < -0.3 is 5.11 Å². The van der Waals surface area contributed by atoms with Crippen molar-refractivity contribution in [3.63, 3.8) is 0 Å². The van der Waals surface area contributed by atoms with E-state index in [4.69, 9.17) is 0 Å². The lowest BCUT2D eigenvalue weighted by Crippen LogP contribution is -2.35. The Morgan fingerprint density at radius 1 is 0.741 bits per heavy atom.